The predicted molar refractivity (Wildman–Crippen MR) is 84.6 cm³/mol. The second-order valence-corrected chi connectivity index (χ2v) is 8.13. The van der Waals surface area contributed by atoms with Gasteiger partial charge in [0.2, 0.25) is 0 Å². The molecule has 1 heteroatoms. The first-order valence-electron chi connectivity index (χ1n) is 7.22. The van der Waals surface area contributed by atoms with Crippen LogP contribution in [0.3, 0.4) is 0 Å². The second kappa shape index (κ2) is 4.70. The quantitative estimate of drug-likeness (QED) is 0.690. The molecule has 0 fully saturated rings. The van der Waals surface area contributed by atoms with Crippen LogP contribution in [0.25, 0.3) is 10.9 Å². The van der Waals surface area contributed by atoms with E-state index in [0.29, 0.717) is 10.8 Å². The van der Waals surface area contributed by atoms with Gasteiger partial charge in [0.1, 0.15) is 0 Å². The molecule has 0 N–H and O–H groups in total. The molecule has 0 unspecified atom stereocenters. The lowest BCUT2D eigenvalue weighted by Gasteiger charge is -2.21. The van der Waals surface area contributed by atoms with Crippen molar-refractivity contribution < 1.29 is 0 Å². The highest BCUT2D eigenvalue weighted by Crippen LogP contribution is 2.26. The van der Waals surface area contributed by atoms with Gasteiger partial charge in [-0.3, -0.25) is 0 Å². The molecular formula is C18H27N. The van der Waals surface area contributed by atoms with Gasteiger partial charge in [-0.25, -0.2) is 0 Å². The first kappa shape index (κ1) is 14.2. The highest BCUT2D eigenvalue weighted by atomic mass is 15.0. The molecule has 0 bridgehead atoms. The fourth-order valence-electron chi connectivity index (χ4n) is 2.60. The summed E-state index contributed by atoms with van der Waals surface area (Å²) in [6.07, 6.45) is 3.35. The number of benzene rings is 1. The largest absolute Gasteiger partial charge is 0.347 e. The number of nitrogens with zero attached hydrogens (tertiary/aromatic N) is 1. The SMILES string of the molecule is CC(C)(C)Cc1ccc2ccn(CC(C)(C)C)c2c1. The molecule has 0 amide bonds. The second-order valence-electron chi connectivity index (χ2n) is 8.13. The van der Waals surface area contributed by atoms with Crippen LogP contribution in [0.1, 0.15) is 47.1 Å². The molecule has 2 rings (SSSR count). The van der Waals surface area contributed by atoms with Crippen LogP contribution >= 0.6 is 0 Å². The summed E-state index contributed by atoms with van der Waals surface area (Å²) in [7, 11) is 0. The van der Waals surface area contributed by atoms with Gasteiger partial charge in [-0.05, 0) is 40.3 Å². The number of hydrogen-bond acceptors (Lipinski definition) is 0. The molecule has 0 aliphatic rings. The van der Waals surface area contributed by atoms with E-state index < -0.39 is 0 Å². The molecule has 0 saturated carbocycles. The zero-order chi connectivity index (χ0) is 14.3. The minimum absolute atomic E-state index is 0.311. The summed E-state index contributed by atoms with van der Waals surface area (Å²) in [4.78, 5) is 0. The average Bonchev–Trinajstić information content (AvgIpc) is 2.56. The van der Waals surface area contributed by atoms with E-state index in [1.807, 2.05) is 0 Å². The third kappa shape index (κ3) is 3.86. The summed E-state index contributed by atoms with van der Waals surface area (Å²) in [6.45, 7) is 14.8. The number of fused-ring (bicyclic) bond motifs is 1. The molecule has 0 saturated heterocycles. The van der Waals surface area contributed by atoms with E-state index in [-0.39, 0.29) is 0 Å². The van der Waals surface area contributed by atoms with Crippen LogP contribution in [-0.2, 0) is 13.0 Å². The van der Waals surface area contributed by atoms with Crippen LogP contribution in [0.2, 0.25) is 0 Å². The van der Waals surface area contributed by atoms with Crippen LogP contribution in [0.4, 0.5) is 0 Å². The fourth-order valence-corrected chi connectivity index (χ4v) is 2.60. The molecule has 1 nitrogen and oxygen atoms in total. The monoisotopic (exact) mass is 257 g/mol. The third-order valence-electron chi connectivity index (χ3n) is 3.22. The van der Waals surface area contributed by atoms with Gasteiger partial charge < -0.3 is 4.57 Å². The maximum Gasteiger partial charge on any atom is 0.0483 e. The standard InChI is InChI=1S/C18H27N/c1-17(2,3)12-14-7-8-15-9-10-19(16(15)11-14)13-18(4,5)6/h7-11H,12-13H2,1-6H3. The maximum absolute atomic E-state index is 2.39. The lowest BCUT2D eigenvalue weighted by atomic mass is 9.88. The van der Waals surface area contributed by atoms with E-state index in [1.54, 1.807) is 0 Å². The molecule has 104 valence electrons. The zero-order valence-electron chi connectivity index (χ0n) is 13.2. The lowest BCUT2D eigenvalue weighted by Crippen LogP contribution is -2.14. The Morgan fingerprint density at radius 3 is 2.16 bits per heavy atom. The minimum atomic E-state index is 0.311. The highest BCUT2D eigenvalue weighted by molar-refractivity contribution is 5.80. The van der Waals surface area contributed by atoms with Gasteiger partial charge in [-0.2, -0.15) is 0 Å². The van der Waals surface area contributed by atoms with Crippen molar-refractivity contribution in [3.05, 3.63) is 36.0 Å². The Morgan fingerprint density at radius 1 is 0.895 bits per heavy atom. The van der Waals surface area contributed by atoms with Gasteiger partial charge in [-0.15, -0.1) is 0 Å². The van der Waals surface area contributed by atoms with Crippen molar-refractivity contribution in [3.63, 3.8) is 0 Å². The summed E-state index contributed by atoms with van der Waals surface area (Å²) in [5, 5.41) is 1.35. The van der Waals surface area contributed by atoms with Crippen molar-refractivity contribution in [2.75, 3.05) is 0 Å². The van der Waals surface area contributed by atoms with Crippen molar-refractivity contribution in [1.82, 2.24) is 4.57 Å². The van der Waals surface area contributed by atoms with Crippen molar-refractivity contribution >= 4 is 10.9 Å². The Balaban J connectivity index is 2.37. The van der Waals surface area contributed by atoms with E-state index in [4.69, 9.17) is 0 Å². The van der Waals surface area contributed by atoms with Crippen LogP contribution in [0.5, 0.6) is 0 Å². The van der Waals surface area contributed by atoms with E-state index in [9.17, 15) is 0 Å². The van der Waals surface area contributed by atoms with Crippen LogP contribution in [0, 0.1) is 10.8 Å². The summed E-state index contributed by atoms with van der Waals surface area (Å²) >= 11 is 0. The summed E-state index contributed by atoms with van der Waals surface area (Å²) in [5.74, 6) is 0. The summed E-state index contributed by atoms with van der Waals surface area (Å²) in [5.41, 5.74) is 3.46. The fraction of sp³-hybridized carbons (Fsp3) is 0.556. The predicted octanol–water partition coefficient (Wildman–Crippen LogP) is 5.28. The molecular weight excluding hydrogens is 230 g/mol. The molecule has 0 aliphatic carbocycles. The van der Waals surface area contributed by atoms with Gasteiger partial charge in [0.15, 0.2) is 0 Å². The summed E-state index contributed by atoms with van der Waals surface area (Å²) < 4.78 is 2.39. The first-order chi connectivity index (χ1) is 8.64. The Kier molecular flexibility index (Phi) is 3.51. The molecule has 1 aromatic heterocycles. The van der Waals surface area contributed by atoms with Gasteiger partial charge in [-0.1, -0.05) is 53.7 Å². The smallest absolute Gasteiger partial charge is 0.0483 e. The molecule has 2 aromatic rings. The Hall–Kier alpha value is -1.24. The van der Waals surface area contributed by atoms with Crippen LogP contribution in [-0.4, -0.2) is 4.57 Å². The topological polar surface area (TPSA) is 4.93 Å². The van der Waals surface area contributed by atoms with Crippen molar-refractivity contribution in [2.24, 2.45) is 10.8 Å². The molecule has 19 heavy (non-hydrogen) atoms. The van der Waals surface area contributed by atoms with Gasteiger partial charge in [0.25, 0.3) is 0 Å². The molecule has 0 radical (unpaired) electrons. The number of hydrogen-bond donors (Lipinski definition) is 0. The molecule has 0 spiro atoms. The van der Waals surface area contributed by atoms with Crippen molar-refractivity contribution in [3.8, 4) is 0 Å². The Morgan fingerprint density at radius 2 is 1.58 bits per heavy atom. The third-order valence-corrected chi connectivity index (χ3v) is 3.22. The molecule has 1 heterocycles. The summed E-state index contributed by atoms with van der Waals surface area (Å²) in [6, 6.07) is 9.12. The van der Waals surface area contributed by atoms with Gasteiger partial charge in [0.05, 0.1) is 0 Å². The molecule has 1 aromatic carbocycles. The first-order valence-corrected chi connectivity index (χ1v) is 7.22. The molecule has 0 aliphatic heterocycles. The van der Waals surface area contributed by atoms with Gasteiger partial charge in [0, 0.05) is 18.3 Å². The zero-order valence-corrected chi connectivity index (χ0v) is 13.2. The van der Waals surface area contributed by atoms with Crippen molar-refractivity contribution in [1.29, 1.82) is 0 Å². The maximum atomic E-state index is 2.39. The lowest BCUT2D eigenvalue weighted by molar-refractivity contribution is 0.349. The average molecular weight is 257 g/mol. The van der Waals surface area contributed by atoms with E-state index in [0.717, 1.165) is 13.0 Å². The number of aromatic nitrogens is 1. The van der Waals surface area contributed by atoms with E-state index in [2.05, 4.69) is 76.6 Å². The number of rotatable bonds is 2. The van der Waals surface area contributed by atoms with Crippen LogP contribution in [0.15, 0.2) is 30.5 Å². The Bertz CT molecular complexity index is 561. The van der Waals surface area contributed by atoms with E-state index in [1.165, 1.54) is 16.5 Å². The van der Waals surface area contributed by atoms with E-state index >= 15 is 0 Å². The van der Waals surface area contributed by atoms with Gasteiger partial charge >= 0.3 is 0 Å². The molecule has 0 atom stereocenters. The minimum Gasteiger partial charge on any atom is -0.347 e. The van der Waals surface area contributed by atoms with Crippen molar-refractivity contribution in [2.45, 2.75) is 54.5 Å². The van der Waals surface area contributed by atoms with Crippen LogP contribution < -0.4 is 0 Å². The Labute approximate surface area is 117 Å². The normalized spacial score (nSPS) is 13.2. The highest BCUT2D eigenvalue weighted by Gasteiger charge is 2.15.